The zero-order chi connectivity index (χ0) is 16.7. The zero-order valence-corrected chi connectivity index (χ0v) is 13.2. The highest BCUT2D eigenvalue weighted by molar-refractivity contribution is 5.90. The van der Waals surface area contributed by atoms with E-state index < -0.39 is 0 Å². The number of fused-ring (bicyclic) bond motifs is 1. The molecule has 0 spiro atoms. The standard InChI is InChI=1S/C15H15N7O2/c1-8-16-15(24-20-8)10-3-5-11-9(7-10)4-6-12(11)17-14(23)13-18-21-22(2)19-13/h3,5,7,12H,4,6H2,1-2H3,(H,17,23)/t12-/m1/s1. The van der Waals surface area contributed by atoms with Crippen molar-refractivity contribution in [3.05, 3.63) is 41.0 Å². The number of tetrazole rings is 1. The number of carbonyl (C=O) groups excluding carboxylic acids is 1. The van der Waals surface area contributed by atoms with Crippen molar-refractivity contribution in [3.63, 3.8) is 0 Å². The lowest BCUT2D eigenvalue weighted by molar-refractivity contribution is 0.0926. The molecule has 1 amide bonds. The van der Waals surface area contributed by atoms with Gasteiger partial charge in [0.2, 0.25) is 0 Å². The molecule has 9 heteroatoms. The van der Waals surface area contributed by atoms with Crippen molar-refractivity contribution in [2.45, 2.75) is 25.8 Å². The third kappa shape index (κ3) is 2.53. The van der Waals surface area contributed by atoms with Crippen molar-refractivity contribution < 1.29 is 9.32 Å². The third-order valence-electron chi connectivity index (χ3n) is 4.01. The van der Waals surface area contributed by atoms with Gasteiger partial charge < -0.3 is 9.84 Å². The Bertz CT molecular complexity index is 914. The summed E-state index contributed by atoms with van der Waals surface area (Å²) < 4.78 is 5.21. The highest BCUT2D eigenvalue weighted by atomic mass is 16.5. The number of nitrogens with one attached hydrogen (secondary N) is 1. The van der Waals surface area contributed by atoms with Crippen molar-refractivity contribution >= 4 is 5.91 Å². The number of rotatable bonds is 3. The van der Waals surface area contributed by atoms with Gasteiger partial charge in [0.25, 0.3) is 17.6 Å². The molecule has 1 aromatic carbocycles. The molecule has 1 atom stereocenters. The molecule has 0 saturated heterocycles. The summed E-state index contributed by atoms with van der Waals surface area (Å²) in [5.41, 5.74) is 3.14. The Hall–Kier alpha value is -3.10. The number of carbonyl (C=O) groups is 1. The van der Waals surface area contributed by atoms with E-state index in [4.69, 9.17) is 4.52 Å². The van der Waals surface area contributed by atoms with Crippen molar-refractivity contribution in [2.75, 3.05) is 0 Å². The molecular formula is C15H15N7O2. The highest BCUT2D eigenvalue weighted by Crippen LogP contribution is 2.34. The lowest BCUT2D eigenvalue weighted by Gasteiger charge is -2.12. The van der Waals surface area contributed by atoms with Crippen molar-refractivity contribution in [3.8, 4) is 11.5 Å². The Kier molecular flexibility index (Phi) is 3.33. The fourth-order valence-electron chi connectivity index (χ4n) is 2.91. The second kappa shape index (κ2) is 5.52. The van der Waals surface area contributed by atoms with Crippen molar-refractivity contribution in [1.29, 1.82) is 0 Å². The smallest absolute Gasteiger partial charge is 0.293 e. The normalized spacial score (nSPS) is 16.2. The van der Waals surface area contributed by atoms with Gasteiger partial charge in [-0.2, -0.15) is 9.78 Å². The Morgan fingerprint density at radius 2 is 2.29 bits per heavy atom. The van der Waals surface area contributed by atoms with Crippen LogP contribution < -0.4 is 5.32 Å². The predicted octanol–water partition coefficient (Wildman–Crippen LogP) is 0.986. The van der Waals surface area contributed by atoms with Gasteiger partial charge in [-0.25, -0.2) is 0 Å². The average Bonchev–Trinajstić information content (AvgIpc) is 3.28. The number of aromatic nitrogens is 6. The molecule has 4 rings (SSSR count). The van der Waals surface area contributed by atoms with Crippen LogP contribution in [0.1, 0.15) is 40.0 Å². The van der Waals surface area contributed by atoms with Gasteiger partial charge in [-0.15, -0.1) is 10.2 Å². The third-order valence-corrected chi connectivity index (χ3v) is 4.01. The van der Waals surface area contributed by atoms with Gasteiger partial charge in [0, 0.05) is 5.56 Å². The summed E-state index contributed by atoms with van der Waals surface area (Å²) >= 11 is 0. The first-order chi connectivity index (χ1) is 11.6. The minimum atomic E-state index is -0.322. The Labute approximate surface area is 137 Å². The maximum absolute atomic E-state index is 12.2. The molecule has 3 aromatic rings. The number of benzene rings is 1. The largest absolute Gasteiger partial charge is 0.342 e. The molecule has 2 heterocycles. The summed E-state index contributed by atoms with van der Waals surface area (Å²) in [5, 5.41) is 18.1. The van der Waals surface area contributed by atoms with Crippen LogP contribution in [0.3, 0.4) is 0 Å². The van der Waals surface area contributed by atoms with Crippen molar-refractivity contribution in [1.82, 2.24) is 35.7 Å². The van der Waals surface area contributed by atoms with Gasteiger partial charge in [0.05, 0.1) is 13.1 Å². The molecule has 122 valence electrons. The first-order valence-corrected chi connectivity index (χ1v) is 7.58. The number of amides is 1. The van der Waals surface area contributed by atoms with E-state index in [1.807, 2.05) is 18.2 Å². The van der Waals surface area contributed by atoms with Crippen LogP contribution in [0.5, 0.6) is 0 Å². The van der Waals surface area contributed by atoms with Gasteiger partial charge >= 0.3 is 0 Å². The number of aryl methyl sites for hydroxylation is 3. The van der Waals surface area contributed by atoms with E-state index in [2.05, 4.69) is 30.9 Å². The van der Waals surface area contributed by atoms with Crippen LogP contribution in [0.4, 0.5) is 0 Å². The molecular weight excluding hydrogens is 310 g/mol. The van der Waals surface area contributed by atoms with Crippen molar-refractivity contribution in [2.24, 2.45) is 7.05 Å². The second-order valence-corrected chi connectivity index (χ2v) is 5.73. The Morgan fingerprint density at radius 1 is 1.42 bits per heavy atom. The van der Waals surface area contributed by atoms with Gasteiger partial charge in [0.1, 0.15) is 0 Å². The summed E-state index contributed by atoms with van der Waals surface area (Å²) in [7, 11) is 1.62. The van der Waals surface area contributed by atoms with Crippen LogP contribution in [0.15, 0.2) is 22.7 Å². The summed E-state index contributed by atoms with van der Waals surface area (Å²) in [4.78, 5) is 17.7. The van der Waals surface area contributed by atoms with E-state index in [0.717, 1.165) is 24.0 Å². The van der Waals surface area contributed by atoms with Crippen LogP contribution in [0, 0.1) is 6.92 Å². The Balaban J connectivity index is 1.55. The molecule has 9 nitrogen and oxygen atoms in total. The van der Waals surface area contributed by atoms with Gasteiger partial charge in [-0.05, 0) is 48.2 Å². The van der Waals surface area contributed by atoms with Crippen LogP contribution in [0.2, 0.25) is 0 Å². The van der Waals surface area contributed by atoms with E-state index in [0.29, 0.717) is 11.7 Å². The van der Waals surface area contributed by atoms with Gasteiger partial charge in [-0.1, -0.05) is 11.2 Å². The average molecular weight is 325 g/mol. The molecule has 0 bridgehead atoms. The zero-order valence-electron chi connectivity index (χ0n) is 13.2. The minimum absolute atomic E-state index is 0.0604. The first kappa shape index (κ1) is 14.5. The van der Waals surface area contributed by atoms with Crippen LogP contribution >= 0.6 is 0 Å². The van der Waals surface area contributed by atoms with Crippen LogP contribution in [-0.4, -0.2) is 36.3 Å². The minimum Gasteiger partial charge on any atom is -0.342 e. The quantitative estimate of drug-likeness (QED) is 0.764. The molecule has 0 saturated carbocycles. The number of hydrogen-bond donors (Lipinski definition) is 1. The summed E-state index contributed by atoms with van der Waals surface area (Å²) in [5.74, 6) is 0.861. The van der Waals surface area contributed by atoms with Crippen LogP contribution in [0.25, 0.3) is 11.5 Å². The molecule has 2 aromatic heterocycles. The van der Waals surface area contributed by atoms with Crippen LogP contribution in [-0.2, 0) is 13.5 Å². The van der Waals surface area contributed by atoms with E-state index in [1.54, 1.807) is 14.0 Å². The van der Waals surface area contributed by atoms with E-state index >= 15 is 0 Å². The van der Waals surface area contributed by atoms with E-state index in [-0.39, 0.29) is 17.8 Å². The number of nitrogens with zero attached hydrogens (tertiary/aromatic N) is 6. The Morgan fingerprint density at radius 3 is 3.00 bits per heavy atom. The molecule has 0 radical (unpaired) electrons. The molecule has 0 fully saturated rings. The first-order valence-electron chi connectivity index (χ1n) is 7.58. The monoisotopic (exact) mass is 325 g/mol. The fraction of sp³-hybridized carbons (Fsp3) is 0.333. The lowest BCUT2D eigenvalue weighted by atomic mass is 10.0. The topological polar surface area (TPSA) is 112 Å². The summed E-state index contributed by atoms with van der Waals surface area (Å²) in [6, 6.07) is 5.90. The molecule has 1 aliphatic rings. The van der Waals surface area contributed by atoms with Gasteiger partial charge in [0.15, 0.2) is 5.82 Å². The molecule has 0 aliphatic heterocycles. The highest BCUT2D eigenvalue weighted by Gasteiger charge is 2.26. The fourth-order valence-corrected chi connectivity index (χ4v) is 2.91. The molecule has 24 heavy (non-hydrogen) atoms. The predicted molar refractivity (Wildman–Crippen MR) is 81.8 cm³/mol. The van der Waals surface area contributed by atoms with E-state index in [1.165, 1.54) is 10.4 Å². The molecule has 1 N–H and O–H groups in total. The SMILES string of the molecule is Cc1noc(-c2ccc3c(c2)CC[C@H]3NC(=O)c2nnn(C)n2)n1. The molecule has 1 aliphatic carbocycles. The van der Waals surface area contributed by atoms with Gasteiger partial charge in [-0.3, -0.25) is 4.79 Å². The summed E-state index contributed by atoms with van der Waals surface area (Å²) in [6.07, 6.45) is 1.70. The maximum Gasteiger partial charge on any atom is 0.293 e. The summed E-state index contributed by atoms with van der Waals surface area (Å²) in [6.45, 7) is 1.78. The number of hydrogen-bond acceptors (Lipinski definition) is 7. The maximum atomic E-state index is 12.2. The second-order valence-electron chi connectivity index (χ2n) is 5.73. The lowest BCUT2D eigenvalue weighted by Crippen LogP contribution is -2.28. The van der Waals surface area contributed by atoms with E-state index in [9.17, 15) is 4.79 Å². The molecule has 0 unspecified atom stereocenters.